The number of hydrogen-bond acceptors (Lipinski definition) is 4. The molecule has 0 heterocycles. The number of amides is 1. The van der Waals surface area contributed by atoms with Gasteiger partial charge in [-0.3, -0.25) is 14.9 Å². The Balaban J connectivity index is 1.72. The van der Waals surface area contributed by atoms with Crippen LogP contribution in [0.3, 0.4) is 0 Å². The quantitative estimate of drug-likeness (QED) is 0.568. The summed E-state index contributed by atoms with van der Waals surface area (Å²) >= 11 is 0. The third-order valence-corrected chi connectivity index (χ3v) is 4.69. The van der Waals surface area contributed by atoms with Gasteiger partial charge < -0.3 is 10.0 Å². The fourth-order valence-electron chi connectivity index (χ4n) is 3.15. The lowest BCUT2D eigenvalue weighted by molar-refractivity contribution is -0.385. The molecular formula is C20H20N2O5. The zero-order valence-electron chi connectivity index (χ0n) is 14.7. The lowest BCUT2D eigenvalue weighted by Crippen LogP contribution is -2.33. The van der Waals surface area contributed by atoms with Crippen molar-refractivity contribution in [1.82, 2.24) is 4.90 Å². The van der Waals surface area contributed by atoms with Crippen molar-refractivity contribution in [3.8, 4) is 0 Å². The number of hydrogen-bond donors (Lipinski definition) is 1. The van der Waals surface area contributed by atoms with Gasteiger partial charge in [0.05, 0.1) is 17.0 Å². The van der Waals surface area contributed by atoms with Gasteiger partial charge in [0.25, 0.3) is 5.69 Å². The number of carboxylic acids is 1. The molecule has 0 radical (unpaired) electrons. The SMILES string of the molecule is O=C(O)c1ccccc1CCC(=O)N(Cc1ccccc1[N+](=O)[O-])C1CC1. The molecule has 0 saturated heterocycles. The maximum absolute atomic E-state index is 12.8. The Morgan fingerprint density at radius 2 is 1.70 bits per heavy atom. The van der Waals surface area contributed by atoms with E-state index in [-0.39, 0.29) is 36.2 Å². The van der Waals surface area contributed by atoms with E-state index in [2.05, 4.69) is 0 Å². The number of benzene rings is 2. The molecule has 2 aromatic carbocycles. The van der Waals surface area contributed by atoms with E-state index >= 15 is 0 Å². The van der Waals surface area contributed by atoms with Crippen LogP contribution in [0, 0.1) is 10.1 Å². The van der Waals surface area contributed by atoms with Gasteiger partial charge in [-0.05, 0) is 30.9 Å². The normalized spacial score (nSPS) is 13.2. The molecule has 1 saturated carbocycles. The van der Waals surface area contributed by atoms with Crippen molar-refractivity contribution in [2.45, 2.75) is 38.3 Å². The molecule has 2 aromatic rings. The first-order valence-electron chi connectivity index (χ1n) is 8.80. The van der Waals surface area contributed by atoms with E-state index in [0.717, 1.165) is 12.8 Å². The number of aryl methyl sites for hydroxylation is 1. The van der Waals surface area contributed by atoms with E-state index in [4.69, 9.17) is 0 Å². The number of carbonyl (C=O) groups is 2. The molecule has 1 amide bonds. The molecule has 0 atom stereocenters. The second-order valence-electron chi connectivity index (χ2n) is 6.60. The summed E-state index contributed by atoms with van der Waals surface area (Å²) in [6, 6.07) is 13.2. The monoisotopic (exact) mass is 368 g/mol. The van der Waals surface area contributed by atoms with E-state index in [1.807, 2.05) is 0 Å². The van der Waals surface area contributed by atoms with Crippen LogP contribution in [0.15, 0.2) is 48.5 Å². The number of rotatable bonds is 8. The van der Waals surface area contributed by atoms with E-state index in [9.17, 15) is 24.8 Å². The number of para-hydroxylation sites is 1. The Morgan fingerprint density at radius 1 is 1.07 bits per heavy atom. The average Bonchev–Trinajstić information content (AvgIpc) is 3.49. The van der Waals surface area contributed by atoms with Crippen molar-refractivity contribution in [2.75, 3.05) is 0 Å². The van der Waals surface area contributed by atoms with Gasteiger partial charge in [0.15, 0.2) is 0 Å². The molecule has 0 unspecified atom stereocenters. The summed E-state index contributed by atoms with van der Waals surface area (Å²) in [5.41, 5.74) is 1.32. The van der Waals surface area contributed by atoms with Gasteiger partial charge in [-0.2, -0.15) is 0 Å². The number of nitrogens with zero attached hydrogens (tertiary/aromatic N) is 2. The van der Waals surface area contributed by atoms with Crippen LogP contribution in [-0.4, -0.2) is 32.8 Å². The van der Waals surface area contributed by atoms with Crippen molar-refractivity contribution in [3.63, 3.8) is 0 Å². The highest BCUT2D eigenvalue weighted by molar-refractivity contribution is 5.89. The molecule has 1 aliphatic rings. The van der Waals surface area contributed by atoms with Crippen LogP contribution in [0.25, 0.3) is 0 Å². The van der Waals surface area contributed by atoms with Crippen LogP contribution >= 0.6 is 0 Å². The van der Waals surface area contributed by atoms with E-state index in [1.54, 1.807) is 41.3 Å². The Kier molecular flexibility index (Phi) is 5.49. The summed E-state index contributed by atoms with van der Waals surface area (Å²) < 4.78 is 0. The molecule has 1 aliphatic carbocycles. The van der Waals surface area contributed by atoms with Crippen LogP contribution in [0.2, 0.25) is 0 Å². The van der Waals surface area contributed by atoms with E-state index in [1.165, 1.54) is 12.1 Å². The molecule has 0 aromatic heterocycles. The lowest BCUT2D eigenvalue weighted by atomic mass is 10.0. The third kappa shape index (κ3) is 4.49. The van der Waals surface area contributed by atoms with Crippen LogP contribution in [-0.2, 0) is 17.8 Å². The molecule has 0 bridgehead atoms. The molecule has 7 nitrogen and oxygen atoms in total. The summed E-state index contributed by atoms with van der Waals surface area (Å²) in [6.07, 6.45) is 2.26. The van der Waals surface area contributed by atoms with Crippen LogP contribution in [0.1, 0.15) is 40.7 Å². The Hall–Kier alpha value is -3.22. The number of carbonyl (C=O) groups excluding carboxylic acids is 1. The van der Waals surface area contributed by atoms with Gasteiger partial charge in [-0.1, -0.05) is 36.4 Å². The fraction of sp³-hybridized carbons (Fsp3) is 0.300. The summed E-state index contributed by atoms with van der Waals surface area (Å²) in [5.74, 6) is -1.13. The third-order valence-electron chi connectivity index (χ3n) is 4.69. The first-order valence-corrected chi connectivity index (χ1v) is 8.80. The molecule has 0 aliphatic heterocycles. The summed E-state index contributed by atoms with van der Waals surface area (Å²) in [7, 11) is 0. The second-order valence-corrected chi connectivity index (χ2v) is 6.60. The van der Waals surface area contributed by atoms with Gasteiger partial charge in [0.2, 0.25) is 5.91 Å². The molecular weight excluding hydrogens is 348 g/mol. The second kappa shape index (κ2) is 7.99. The fourth-order valence-corrected chi connectivity index (χ4v) is 3.15. The van der Waals surface area contributed by atoms with Crippen molar-refractivity contribution in [2.24, 2.45) is 0 Å². The van der Waals surface area contributed by atoms with Crippen molar-refractivity contribution in [3.05, 3.63) is 75.3 Å². The predicted octanol–water partition coefficient (Wildman–Crippen LogP) is 3.42. The molecule has 27 heavy (non-hydrogen) atoms. The maximum Gasteiger partial charge on any atom is 0.335 e. The number of aromatic carboxylic acids is 1. The summed E-state index contributed by atoms with van der Waals surface area (Å²) in [6.45, 7) is 0.196. The standard InChI is InChI=1S/C20H20N2O5/c23-19(12-9-14-5-1-3-7-17(14)20(24)25)21(16-10-11-16)13-15-6-2-4-8-18(15)22(26)27/h1-8,16H,9-13H2,(H,24,25). The Bertz CT molecular complexity index is 876. The molecule has 1 fully saturated rings. The van der Waals surface area contributed by atoms with Crippen LogP contribution in [0.4, 0.5) is 5.69 Å². The lowest BCUT2D eigenvalue weighted by Gasteiger charge is -2.22. The van der Waals surface area contributed by atoms with Gasteiger partial charge in [-0.25, -0.2) is 4.79 Å². The number of carboxylic acid groups (broad SMARTS) is 1. The maximum atomic E-state index is 12.8. The van der Waals surface area contributed by atoms with E-state index < -0.39 is 10.9 Å². The largest absolute Gasteiger partial charge is 0.478 e. The van der Waals surface area contributed by atoms with Gasteiger partial charge in [0, 0.05) is 24.1 Å². The molecule has 0 spiro atoms. The summed E-state index contributed by atoms with van der Waals surface area (Å²) in [5, 5.41) is 20.5. The summed E-state index contributed by atoms with van der Waals surface area (Å²) in [4.78, 5) is 36.5. The van der Waals surface area contributed by atoms with Crippen LogP contribution in [0.5, 0.6) is 0 Å². The van der Waals surface area contributed by atoms with Gasteiger partial charge in [0.1, 0.15) is 0 Å². The first-order chi connectivity index (χ1) is 13.0. The van der Waals surface area contributed by atoms with Gasteiger partial charge >= 0.3 is 5.97 Å². The van der Waals surface area contributed by atoms with Crippen molar-refractivity contribution >= 4 is 17.6 Å². The molecule has 7 heteroatoms. The first kappa shape index (κ1) is 18.6. The number of nitro benzene ring substituents is 1. The highest BCUT2D eigenvalue weighted by atomic mass is 16.6. The molecule has 140 valence electrons. The topological polar surface area (TPSA) is 101 Å². The minimum absolute atomic E-state index is 0.00664. The Labute approximate surface area is 156 Å². The minimum atomic E-state index is -1.02. The number of nitro groups is 1. The van der Waals surface area contributed by atoms with Crippen LogP contribution < -0.4 is 0 Å². The average molecular weight is 368 g/mol. The van der Waals surface area contributed by atoms with Crippen molar-refractivity contribution in [1.29, 1.82) is 0 Å². The van der Waals surface area contributed by atoms with Crippen molar-refractivity contribution < 1.29 is 19.6 Å². The zero-order valence-corrected chi connectivity index (χ0v) is 14.7. The highest BCUT2D eigenvalue weighted by Crippen LogP contribution is 2.31. The highest BCUT2D eigenvalue weighted by Gasteiger charge is 2.33. The predicted molar refractivity (Wildman–Crippen MR) is 98.4 cm³/mol. The smallest absolute Gasteiger partial charge is 0.335 e. The van der Waals surface area contributed by atoms with Gasteiger partial charge in [-0.15, -0.1) is 0 Å². The van der Waals surface area contributed by atoms with E-state index in [0.29, 0.717) is 17.5 Å². The Morgan fingerprint density at radius 3 is 2.33 bits per heavy atom. The minimum Gasteiger partial charge on any atom is -0.478 e. The molecule has 3 rings (SSSR count). The zero-order chi connectivity index (χ0) is 19.4. The molecule has 1 N–H and O–H groups in total.